The van der Waals surface area contributed by atoms with E-state index in [0.29, 0.717) is 19.3 Å². The van der Waals surface area contributed by atoms with Crippen molar-refractivity contribution in [2.24, 2.45) is 0 Å². The molecule has 16 N–H and O–H groups in total. The average molecular weight is 1040 g/mol. The van der Waals surface area contributed by atoms with Crippen LogP contribution in [0.5, 0.6) is 0 Å². The molecule has 2 amide bonds. The predicted octanol–water partition coefficient (Wildman–Crippen LogP) is -9.88. The van der Waals surface area contributed by atoms with Crippen LogP contribution in [0.3, 0.4) is 0 Å². The molecule has 5 fully saturated rings. The minimum absolute atomic E-state index is 0.105. The zero-order chi connectivity index (χ0) is 52.4. The minimum Gasteiger partial charge on any atom is -0.469 e. The van der Waals surface area contributed by atoms with Gasteiger partial charge in [0.2, 0.25) is 11.8 Å². The van der Waals surface area contributed by atoms with Crippen LogP contribution in [0.1, 0.15) is 39.5 Å². The van der Waals surface area contributed by atoms with E-state index < -0.39 is 204 Å². The van der Waals surface area contributed by atoms with E-state index in [1.54, 1.807) is 0 Å². The summed E-state index contributed by atoms with van der Waals surface area (Å²) in [5.41, 5.74) is 0. The van der Waals surface area contributed by atoms with Gasteiger partial charge in [0.1, 0.15) is 122 Å². The second-order valence-electron chi connectivity index (χ2n) is 17.7. The molecule has 412 valence electrons. The standard InChI is InChI=1S/C41H70N2O28/c1-14(49)42-22-26(54)33(68-40-30(58)28(56)24(52)16(9-44)63-40)18(11-46)65-37(22)70-35-20(13-48)67-39(62-8-6-4-5-7-21(51)61-3)32(60)36(35)71-38-23(43-15(2)50)27(55)34(19(12-47)66-38)69-41-31(59)29(57)25(53)17(10-45)64-41/h16-20,22-41,44-48,52-60H,4-13H2,1-3H3,(H,42,49)(H,43,50)/t16-,17-,18-,19-,20-,22-,23-,24+,25+,26-,27-,28+,29+,30-,31-,32-,33-,34-,35+,36-,37+,38+,39-,40+,41+/m1/s1. The van der Waals surface area contributed by atoms with Crippen LogP contribution < -0.4 is 10.6 Å². The Balaban J connectivity index is 1.46. The van der Waals surface area contributed by atoms with Crippen molar-refractivity contribution in [2.45, 2.75) is 193 Å². The fourth-order valence-electron chi connectivity index (χ4n) is 8.81. The van der Waals surface area contributed by atoms with E-state index in [1.165, 1.54) is 7.11 Å². The van der Waals surface area contributed by atoms with Crippen LogP contribution >= 0.6 is 0 Å². The number of amides is 2. The summed E-state index contributed by atoms with van der Waals surface area (Å²) in [5.74, 6) is -2.04. The van der Waals surface area contributed by atoms with Gasteiger partial charge in [0.05, 0.1) is 40.1 Å². The van der Waals surface area contributed by atoms with Gasteiger partial charge in [0, 0.05) is 26.9 Å². The van der Waals surface area contributed by atoms with E-state index in [1.807, 2.05) is 0 Å². The summed E-state index contributed by atoms with van der Waals surface area (Å²) in [6.07, 6.45) is -40.2. The van der Waals surface area contributed by atoms with Crippen molar-refractivity contribution in [1.82, 2.24) is 10.6 Å². The molecule has 5 saturated heterocycles. The maximum absolute atomic E-state index is 12.7. The third-order valence-corrected chi connectivity index (χ3v) is 12.6. The van der Waals surface area contributed by atoms with Gasteiger partial charge in [-0.3, -0.25) is 14.4 Å². The van der Waals surface area contributed by atoms with Crippen LogP contribution in [0.4, 0.5) is 0 Å². The highest BCUT2D eigenvalue weighted by atomic mass is 16.8. The van der Waals surface area contributed by atoms with Crippen LogP contribution in [-0.4, -0.2) is 289 Å². The SMILES string of the molecule is COC(=O)CCCCCO[C@@H]1O[C@H](CO)[C@H](O[C@@H]2O[C@H](CO)[C@@H](O[C@@H]3O[C@H](CO)[C@H](O)[C@H](O)[C@H]3O)[C@H](O)[C@H]2NC(C)=O)[C@H](O[C@@H]2O[C@H](CO)[C@@H](O[C@@H]3O[C@H](CO)[C@H](O)[C@H](O)[C@H]3O)[C@H](O)[C@H]2NC(C)=O)[C@H]1O. The molecule has 5 heterocycles. The van der Waals surface area contributed by atoms with Crippen molar-refractivity contribution >= 4 is 17.8 Å². The van der Waals surface area contributed by atoms with Crippen LogP contribution in [0, 0.1) is 0 Å². The van der Waals surface area contributed by atoms with Gasteiger partial charge >= 0.3 is 5.97 Å². The van der Waals surface area contributed by atoms with Gasteiger partial charge in [0.25, 0.3) is 0 Å². The van der Waals surface area contributed by atoms with Crippen molar-refractivity contribution in [2.75, 3.05) is 46.8 Å². The number of rotatable bonds is 22. The van der Waals surface area contributed by atoms with E-state index in [-0.39, 0.29) is 13.0 Å². The first kappa shape index (κ1) is 59.3. The Morgan fingerprint density at radius 3 is 1.21 bits per heavy atom. The summed E-state index contributed by atoms with van der Waals surface area (Å²) >= 11 is 0. The Kier molecular flexibility index (Phi) is 22.8. The molecule has 25 atom stereocenters. The van der Waals surface area contributed by atoms with Crippen LogP contribution in [-0.2, 0) is 66.5 Å². The van der Waals surface area contributed by atoms with E-state index in [4.69, 9.17) is 47.4 Å². The smallest absolute Gasteiger partial charge is 0.305 e. The molecule has 5 aliphatic rings. The van der Waals surface area contributed by atoms with Crippen molar-refractivity contribution in [3.63, 3.8) is 0 Å². The first-order chi connectivity index (χ1) is 33.7. The van der Waals surface area contributed by atoms with Crippen LogP contribution in [0.25, 0.3) is 0 Å². The van der Waals surface area contributed by atoms with Crippen molar-refractivity contribution in [3.05, 3.63) is 0 Å². The Bertz CT molecular complexity index is 1660. The monoisotopic (exact) mass is 1040 g/mol. The predicted molar refractivity (Wildman–Crippen MR) is 224 cm³/mol. The van der Waals surface area contributed by atoms with E-state index in [2.05, 4.69) is 15.4 Å². The fraction of sp³-hybridized carbons (Fsp3) is 0.927. The number of hydrogen-bond acceptors (Lipinski definition) is 28. The lowest BCUT2D eigenvalue weighted by molar-refractivity contribution is -0.387. The Morgan fingerprint density at radius 2 is 0.803 bits per heavy atom. The zero-order valence-electron chi connectivity index (χ0n) is 39.0. The highest BCUT2D eigenvalue weighted by Gasteiger charge is 2.57. The number of unbranched alkanes of at least 4 members (excludes halogenated alkanes) is 2. The third kappa shape index (κ3) is 14.2. The first-order valence-corrected chi connectivity index (χ1v) is 23.0. The molecule has 0 radical (unpaired) electrons. The molecule has 0 saturated carbocycles. The Hall–Kier alpha value is -2.55. The van der Waals surface area contributed by atoms with Gasteiger partial charge in [-0.25, -0.2) is 0 Å². The number of carbonyl (C=O) groups is 3. The molecule has 0 aromatic carbocycles. The molecule has 0 spiro atoms. The first-order valence-electron chi connectivity index (χ1n) is 23.0. The van der Waals surface area contributed by atoms with Gasteiger partial charge in [-0.2, -0.15) is 0 Å². The lowest BCUT2D eigenvalue weighted by atomic mass is 9.93. The quantitative estimate of drug-likeness (QED) is 0.0354. The number of carbonyl (C=O) groups excluding carboxylic acids is 3. The lowest BCUT2D eigenvalue weighted by Crippen LogP contribution is -2.71. The van der Waals surface area contributed by atoms with Crippen molar-refractivity contribution in [3.8, 4) is 0 Å². The highest BCUT2D eigenvalue weighted by Crippen LogP contribution is 2.37. The van der Waals surface area contributed by atoms with Gasteiger partial charge in [-0.1, -0.05) is 6.42 Å². The van der Waals surface area contributed by atoms with E-state index >= 15 is 0 Å². The molecule has 0 bridgehead atoms. The molecular formula is C41H70N2O28. The lowest BCUT2D eigenvalue weighted by Gasteiger charge is -2.51. The van der Waals surface area contributed by atoms with Crippen LogP contribution in [0.2, 0.25) is 0 Å². The van der Waals surface area contributed by atoms with E-state index in [9.17, 15) is 85.9 Å². The fourth-order valence-corrected chi connectivity index (χ4v) is 8.81. The molecule has 30 heteroatoms. The van der Waals surface area contributed by atoms with Gasteiger partial charge in [-0.15, -0.1) is 0 Å². The average Bonchev–Trinajstić information content (AvgIpc) is 3.34. The number of aliphatic hydroxyl groups excluding tert-OH is 14. The molecule has 0 aliphatic carbocycles. The maximum atomic E-state index is 12.7. The molecular weight excluding hydrogens is 968 g/mol. The Morgan fingerprint density at radius 1 is 0.423 bits per heavy atom. The summed E-state index contributed by atoms with van der Waals surface area (Å²) in [5, 5.41) is 154. The molecule has 0 unspecified atom stereocenters. The number of esters is 1. The normalized spacial score (nSPS) is 44.2. The third-order valence-electron chi connectivity index (χ3n) is 12.6. The molecule has 71 heavy (non-hydrogen) atoms. The second kappa shape index (κ2) is 27.3. The number of ether oxygens (including phenoxy) is 11. The minimum atomic E-state index is -1.98. The summed E-state index contributed by atoms with van der Waals surface area (Å²) in [4.78, 5) is 36.9. The maximum Gasteiger partial charge on any atom is 0.305 e. The molecule has 5 aliphatic heterocycles. The van der Waals surface area contributed by atoms with Crippen molar-refractivity contribution in [1.29, 1.82) is 0 Å². The molecule has 0 aromatic heterocycles. The number of nitrogens with one attached hydrogen (secondary N) is 2. The topological polar surface area (TPSA) is 460 Å². The molecule has 30 nitrogen and oxygen atoms in total. The molecule has 0 aromatic rings. The van der Waals surface area contributed by atoms with E-state index in [0.717, 1.165) is 13.8 Å². The Labute approximate surface area is 405 Å². The summed E-state index contributed by atoms with van der Waals surface area (Å²) in [7, 11) is 1.24. The summed E-state index contributed by atoms with van der Waals surface area (Å²) < 4.78 is 63.5. The van der Waals surface area contributed by atoms with Gasteiger partial charge < -0.3 is 134 Å². The van der Waals surface area contributed by atoms with Crippen LogP contribution in [0.15, 0.2) is 0 Å². The molecule has 5 rings (SSSR count). The van der Waals surface area contributed by atoms with Gasteiger partial charge in [0.15, 0.2) is 31.5 Å². The number of methoxy groups -OCH3 is 1. The highest BCUT2D eigenvalue weighted by molar-refractivity contribution is 5.73. The second-order valence-corrected chi connectivity index (χ2v) is 17.7. The summed E-state index contributed by atoms with van der Waals surface area (Å²) in [6, 6.07) is -3.43. The summed E-state index contributed by atoms with van der Waals surface area (Å²) in [6.45, 7) is -2.61. The zero-order valence-corrected chi connectivity index (χ0v) is 39.0. The number of aliphatic hydroxyl groups is 14. The van der Waals surface area contributed by atoms with Gasteiger partial charge in [-0.05, 0) is 12.8 Å². The van der Waals surface area contributed by atoms with Crippen molar-refractivity contribution < 1.29 is 138 Å². The number of hydrogen-bond donors (Lipinski definition) is 16. The largest absolute Gasteiger partial charge is 0.469 e.